The fourth-order valence-corrected chi connectivity index (χ4v) is 3.72. The van der Waals surface area contributed by atoms with Gasteiger partial charge in [-0.1, -0.05) is 0 Å². The summed E-state index contributed by atoms with van der Waals surface area (Å²) in [6.45, 7) is 5.71. The number of nitrogens with zero attached hydrogens (tertiary/aromatic N) is 5. The number of carbonyl (C=O) groups excluding carboxylic acids is 1. The fraction of sp³-hybridized carbons (Fsp3) is 0.550. The summed E-state index contributed by atoms with van der Waals surface area (Å²) in [5.74, 6) is 1.18. The molecule has 6 heteroatoms. The molecule has 26 heavy (non-hydrogen) atoms. The van der Waals surface area contributed by atoms with Crippen molar-refractivity contribution in [1.82, 2.24) is 19.7 Å². The minimum atomic E-state index is 0.179. The van der Waals surface area contributed by atoms with Crippen LogP contribution in [0.3, 0.4) is 0 Å². The van der Waals surface area contributed by atoms with Crippen LogP contribution in [0.25, 0.3) is 0 Å². The first-order chi connectivity index (χ1) is 12.5. The van der Waals surface area contributed by atoms with Crippen molar-refractivity contribution in [3.63, 3.8) is 0 Å². The zero-order chi connectivity index (χ0) is 18.7. The highest BCUT2D eigenvalue weighted by Gasteiger charge is 2.29. The van der Waals surface area contributed by atoms with Crippen molar-refractivity contribution in [1.29, 1.82) is 0 Å². The second kappa shape index (κ2) is 7.89. The van der Waals surface area contributed by atoms with Gasteiger partial charge in [0, 0.05) is 45.5 Å². The van der Waals surface area contributed by atoms with Crippen molar-refractivity contribution >= 4 is 11.7 Å². The van der Waals surface area contributed by atoms with Gasteiger partial charge in [-0.2, -0.15) is 5.10 Å². The van der Waals surface area contributed by atoms with E-state index in [9.17, 15) is 4.79 Å². The number of carbonyl (C=O) groups is 1. The molecule has 2 aromatic rings. The smallest absolute Gasteiger partial charge is 0.223 e. The Morgan fingerprint density at radius 1 is 1.31 bits per heavy atom. The van der Waals surface area contributed by atoms with E-state index in [2.05, 4.69) is 34.0 Å². The third kappa shape index (κ3) is 4.06. The quantitative estimate of drug-likeness (QED) is 0.799. The normalized spacial score (nSPS) is 16.9. The van der Waals surface area contributed by atoms with Crippen LogP contribution in [0.2, 0.25) is 0 Å². The lowest BCUT2D eigenvalue weighted by molar-refractivity contribution is -0.132. The SMILES string of the molecule is Cc1cc(C)n(CCCC(=O)N2CCCC2c2ccnc(N(C)C)c2)n1. The summed E-state index contributed by atoms with van der Waals surface area (Å²) >= 11 is 0. The second-order valence-electron chi connectivity index (χ2n) is 7.34. The largest absolute Gasteiger partial charge is 0.363 e. The highest BCUT2D eigenvalue weighted by atomic mass is 16.2. The van der Waals surface area contributed by atoms with Crippen molar-refractivity contribution in [2.45, 2.75) is 52.1 Å². The summed E-state index contributed by atoms with van der Waals surface area (Å²) in [6, 6.07) is 6.40. The van der Waals surface area contributed by atoms with Crippen LogP contribution in [0.5, 0.6) is 0 Å². The van der Waals surface area contributed by atoms with Crippen LogP contribution in [-0.2, 0) is 11.3 Å². The zero-order valence-electron chi connectivity index (χ0n) is 16.3. The lowest BCUT2D eigenvalue weighted by Crippen LogP contribution is -2.30. The molecule has 1 aliphatic rings. The molecule has 0 spiro atoms. The van der Waals surface area contributed by atoms with Gasteiger partial charge in [-0.05, 0) is 56.9 Å². The molecule has 1 fully saturated rings. The summed E-state index contributed by atoms with van der Waals surface area (Å²) in [5, 5.41) is 4.47. The van der Waals surface area contributed by atoms with E-state index >= 15 is 0 Å². The topological polar surface area (TPSA) is 54.3 Å². The number of rotatable bonds is 6. The summed E-state index contributed by atoms with van der Waals surface area (Å²) in [5.41, 5.74) is 3.37. The average Bonchev–Trinajstić information content (AvgIpc) is 3.21. The molecule has 0 saturated carbocycles. The number of pyridine rings is 1. The summed E-state index contributed by atoms with van der Waals surface area (Å²) in [7, 11) is 3.98. The van der Waals surface area contributed by atoms with E-state index in [1.54, 1.807) is 0 Å². The summed E-state index contributed by atoms with van der Waals surface area (Å²) in [6.07, 6.45) is 5.33. The van der Waals surface area contributed by atoms with Crippen LogP contribution in [-0.4, -0.2) is 46.2 Å². The van der Waals surface area contributed by atoms with E-state index in [0.717, 1.165) is 49.6 Å². The Bertz CT molecular complexity index is 767. The van der Waals surface area contributed by atoms with Crippen LogP contribution in [0.4, 0.5) is 5.82 Å². The van der Waals surface area contributed by atoms with Crippen LogP contribution < -0.4 is 4.90 Å². The molecule has 0 N–H and O–H groups in total. The minimum Gasteiger partial charge on any atom is -0.363 e. The maximum Gasteiger partial charge on any atom is 0.223 e. The summed E-state index contributed by atoms with van der Waals surface area (Å²) in [4.78, 5) is 21.2. The van der Waals surface area contributed by atoms with E-state index < -0.39 is 0 Å². The maximum absolute atomic E-state index is 12.8. The van der Waals surface area contributed by atoms with E-state index in [1.807, 2.05) is 42.9 Å². The number of aryl methyl sites for hydroxylation is 3. The third-order valence-electron chi connectivity index (χ3n) is 5.05. The molecular weight excluding hydrogens is 326 g/mol. The minimum absolute atomic E-state index is 0.179. The third-order valence-corrected chi connectivity index (χ3v) is 5.05. The van der Waals surface area contributed by atoms with Gasteiger partial charge in [-0.25, -0.2) is 4.98 Å². The molecule has 1 saturated heterocycles. The molecular formula is C20H29N5O. The molecule has 6 nitrogen and oxygen atoms in total. The van der Waals surface area contributed by atoms with Gasteiger partial charge in [0.1, 0.15) is 5.82 Å². The zero-order valence-corrected chi connectivity index (χ0v) is 16.3. The Balaban J connectivity index is 1.61. The highest BCUT2D eigenvalue weighted by molar-refractivity contribution is 5.77. The molecule has 1 aliphatic heterocycles. The monoisotopic (exact) mass is 355 g/mol. The first kappa shape index (κ1) is 18.4. The van der Waals surface area contributed by atoms with Gasteiger partial charge in [0.15, 0.2) is 0 Å². The van der Waals surface area contributed by atoms with Gasteiger partial charge in [-0.15, -0.1) is 0 Å². The van der Waals surface area contributed by atoms with Crippen molar-refractivity contribution in [2.75, 3.05) is 25.5 Å². The molecule has 0 aliphatic carbocycles. The molecule has 1 atom stereocenters. The molecule has 0 aromatic carbocycles. The van der Waals surface area contributed by atoms with Crippen LogP contribution in [0.1, 0.15) is 48.7 Å². The predicted molar refractivity (Wildman–Crippen MR) is 103 cm³/mol. The van der Waals surface area contributed by atoms with E-state index in [0.29, 0.717) is 6.42 Å². The van der Waals surface area contributed by atoms with E-state index in [4.69, 9.17) is 0 Å². The van der Waals surface area contributed by atoms with Crippen LogP contribution in [0.15, 0.2) is 24.4 Å². The van der Waals surface area contributed by atoms with Gasteiger partial charge >= 0.3 is 0 Å². The molecule has 0 bridgehead atoms. The molecule has 3 heterocycles. The lowest BCUT2D eigenvalue weighted by atomic mass is 10.1. The number of amides is 1. The Morgan fingerprint density at radius 3 is 2.81 bits per heavy atom. The first-order valence-electron chi connectivity index (χ1n) is 9.39. The standard InChI is InChI=1S/C20H29N5O/c1-15-13-16(2)25(22-15)12-6-8-20(26)24-11-5-7-18(24)17-9-10-21-19(14-17)23(3)4/h9-10,13-14,18H,5-8,11-12H2,1-4H3. The first-order valence-corrected chi connectivity index (χ1v) is 9.39. The number of anilines is 1. The number of hydrogen-bond acceptors (Lipinski definition) is 4. The Hall–Kier alpha value is -2.37. The van der Waals surface area contributed by atoms with Gasteiger partial charge in [0.25, 0.3) is 0 Å². The molecule has 140 valence electrons. The Kier molecular flexibility index (Phi) is 5.59. The van der Waals surface area contributed by atoms with Gasteiger partial charge in [-0.3, -0.25) is 9.48 Å². The maximum atomic E-state index is 12.8. The molecule has 1 amide bonds. The van der Waals surface area contributed by atoms with Gasteiger partial charge in [0.2, 0.25) is 5.91 Å². The lowest BCUT2D eigenvalue weighted by Gasteiger charge is -2.26. The van der Waals surface area contributed by atoms with Gasteiger partial charge < -0.3 is 9.80 Å². The molecule has 1 unspecified atom stereocenters. The van der Waals surface area contributed by atoms with Crippen molar-refractivity contribution in [3.05, 3.63) is 41.3 Å². The van der Waals surface area contributed by atoms with Crippen molar-refractivity contribution in [3.8, 4) is 0 Å². The van der Waals surface area contributed by atoms with E-state index in [-0.39, 0.29) is 11.9 Å². The Labute approximate surface area is 155 Å². The molecule has 2 aromatic heterocycles. The number of hydrogen-bond donors (Lipinski definition) is 0. The fourth-order valence-electron chi connectivity index (χ4n) is 3.72. The Morgan fingerprint density at radius 2 is 2.12 bits per heavy atom. The number of likely N-dealkylation sites (tertiary alicyclic amines) is 1. The van der Waals surface area contributed by atoms with Crippen molar-refractivity contribution < 1.29 is 4.79 Å². The average molecular weight is 355 g/mol. The number of aromatic nitrogens is 3. The second-order valence-corrected chi connectivity index (χ2v) is 7.34. The highest BCUT2D eigenvalue weighted by Crippen LogP contribution is 2.33. The van der Waals surface area contributed by atoms with Crippen LogP contribution >= 0.6 is 0 Å². The van der Waals surface area contributed by atoms with Gasteiger partial charge in [0.05, 0.1) is 11.7 Å². The van der Waals surface area contributed by atoms with Crippen molar-refractivity contribution in [2.24, 2.45) is 0 Å². The predicted octanol–water partition coefficient (Wildman–Crippen LogP) is 3.10. The summed E-state index contributed by atoms with van der Waals surface area (Å²) < 4.78 is 2.00. The molecule has 0 radical (unpaired) electrons. The molecule has 3 rings (SSSR count). The van der Waals surface area contributed by atoms with Crippen LogP contribution in [0, 0.1) is 13.8 Å². The van der Waals surface area contributed by atoms with E-state index in [1.165, 1.54) is 5.56 Å².